The number of hydrogen-bond donors (Lipinski definition) is 1. The molecule has 1 saturated carbocycles. The molecule has 1 aromatic rings. The van der Waals surface area contributed by atoms with Crippen molar-refractivity contribution < 1.29 is 23.9 Å². The fraction of sp³-hybridized carbons (Fsp3) is 0.500. The molecule has 132 valence electrons. The zero-order valence-electron chi connectivity index (χ0n) is 14.0. The predicted octanol–water partition coefficient (Wildman–Crippen LogP) is 2.10. The van der Waals surface area contributed by atoms with Gasteiger partial charge in [0.05, 0.1) is 6.54 Å². The van der Waals surface area contributed by atoms with E-state index in [9.17, 15) is 14.4 Å². The third-order valence-electron chi connectivity index (χ3n) is 5.50. The Morgan fingerprint density at radius 3 is 2.88 bits per heavy atom. The van der Waals surface area contributed by atoms with Gasteiger partial charge in [0.15, 0.2) is 17.3 Å². The molecule has 1 N–H and O–H groups in total. The highest BCUT2D eigenvalue weighted by Crippen LogP contribution is 2.38. The van der Waals surface area contributed by atoms with Crippen molar-refractivity contribution in [3.63, 3.8) is 0 Å². The maximum atomic E-state index is 12.9. The molecule has 2 atom stereocenters. The monoisotopic (exact) mass is 344 g/mol. The van der Waals surface area contributed by atoms with Crippen LogP contribution in [-0.2, 0) is 4.79 Å². The zero-order valence-corrected chi connectivity index (χ0v) is 14.0. The largest absolute Gasteiger partial charge is 0.454 e. The van der Waals surface area contributed by atoms with E-state index in [2.05, 4.69) is 5.32 Å². The fourth-order valence-corrected chi connectivity index (χ4v) is 3.94. The molecule has 2 heterocycles. The first-order valence-electron chi connectivity index (χ1n) is 8.58. The van der Waals surface area contributed by atoms with E-state index >= 15 is 0 Å². The van der Waals surface area contributed by atoms with E-state index in [-0.39, 0.29) is 30.9 Å². The van der Waals surface area contributed by atoms with E-state index < -0.39 is 11.6 Å². The van der Waals surface area contributed by atoms with Gasteiger partial charge in [0.2, 0.25) is 6.79 Å². The lowest BCUT2D eigenvalue weighted by atomic mass is 9.73. The van der Waals surface area contributed by atoms with Gasteiger partial charge in [-0.3, -0.25) is 14.5 Å². The highest BCUT2D eigenvalue weighted by atomic mass is 16.7. The Balaban J connectivity index is 1.53. The van der Waals surface area contributed by atoms with Crippen molar-refractivity contribution in [1.82, 2.24) is 10.2 Å². The van der Waals surface area contributed by atoms with Crippen LogP contribution in [0.15, 0.2) is 18.2 Å². The van der Waals surface area contributed by atoms with Crippen molar-refractivity contribution in [3.8, 4) is 11.5 Å². The molecule has 0 radical (unpaired) electrons. The molecule has 7 nitrogen and oxygen atoms in total. The van der Waals surface area contributed by atoms with Gasteiger partial charge in [-0.15, -0.1) is 0 Å². The number of carbonyl (C=O) groups excluding carboxylic acids is 3. The highest BCUT2D eigenvalue weighted by molar-refractivity contribution is 6.11. The molecule has 2 aliphatic heterocycles. The van der Waals surface area contributed by atoms with Crippen molar-refractivity contribution in [1.29, 1.82) is 0 Å². The average Bonchev–Trinajstić information content (AvgIpc) is 3.16. The summed E-state index contributed by atoms with van der Waals surface area (Å²) in [6.07, 6.45) is 3.49. The average molecular weight is 344 g/mol. The first-order valence-corrected chi connectivity index (χ1v) is 8.58. The molecule has 1 aromatic carbocycles. The van der Waals surface area contributed by atoms with Crippen LogP contribution in [0.1, 0.15) is 43.0 Å². The Morgan fingerprint density at radius 1 is 1.28 bits per heavy atom. The second-order valence-electron chi connectivity index (χ2n) is 6.93. The lowest BCUT2D eigenvalue weighted by Gasteiger charge is -2.36. The number of rotatable bonds is 3. The first kappa shape index (κ1) is 15.9. The Kier molecular flexibility index (Phi) is 3.67. The molecule has 3 amide bonds. The second kappa shape index (κ2) is 5.75. The standard InChI is InChI=1S/C18H20N2O5/c1-11-4-2-3-7-18(11)16(22)20(17(23)19-18)9-13(21)12-5-6-14-15(8-12)25-10-24-14/h5-6,8,11H,2-4,7,9-10H2,1H3,(H,19,23)/t11-,18+/m1/s1. The van der Waals surface area contributed by atoms with Crippen molar-refractivity contribution in [3.05, 3.63) is 23.8 Å². The van der Waals surface area contributed by atoms with Gasteiger partial charge in [0.25, 0.3) is 5.91 Å². The van der Waals surface area contributed by atoms with Crippen molar-refractivity contribution in [2.75, 3.05) is 13.3 Å². The Bertz CT molecular complexity index is 762. The van der Waals surface area contributed by atoms with Crippen LogP contribution < -0.4 is 14.8 Å². The zero-order chi connectivity index (χ0) is 17.6. The number of imide groups is 1. The predicted molar refractivity (Wildman–Crippen MR) is 87.5 cm³/mol. The van der Waals surface area contributed by atoms with E-state index in [0.717, 1.165) is 24.2 Å². The molecular weight excluding hydrogens is 324 g/mol. The van der Waals surface area contributed by atoms with E-state index in [0.29, 0.717) is 23.5 Å². The van der Waals surface area contributed by atoms with Gasteiger partial charge in [0.1, 0.15) is 5.54 Å². The van der Waals surface area contributed by atoms with E-state index in [1.54, 1.807) is 18.2 Å². The quantitative estimate of drug-likeness (QED) is 0.670. The van der Waals surface area contributed by atoms with E-state index in [1.807, 2.05) is 6.92 Å². The molecular formula is C18H20N2O5. The van der Waals surface area contributed by atoms with Gasteiger partial charge in [-0.2, -0.15) is 0 Å². The molecule has 2 fully saturated rings. The van der Waals surface area contributed by atoms with Crippen LogP contribution in [0.25, 0.3) is 0 Å². The van der Waals surface area contributed by atoms with Gasteiger partial charge >= 0.3 is 6.03 Å². The Morgan fingerprint density at radius 2 is 2.08 bits per heavy atom. The van der Waals surface area contributed by atoms with Gasteiger partial charge in [-0.1, -0.05) is 19.8 Å². The smallest absolute Gasteiger partial charge is 0.325 e. The number of amides is 3. The topological polar surface area (TPSA) is 84.9 Å². The maximum Gasteiger partial charge on any atom is 0.325 e. The molecule has 3 aliphatic rings. The number of ketones is 1. The van der Waals surface area contributed by atoms with Gasteiger partial charge in [-0.05, 0) is 37.0 Å². The number of carbonyl (C=O) groups is 3. The summed E-state index contributed by atoms with van der Waals surface area (Å²) in [7, 11) is 0. The SMILES string of the molecule is C[C@@H]1CCCC[C@]12NC(=O)N(CC(=O)c1ccc3c(c1)OCO3)C2=O. The second-order valence-corrected chi connectivity index (χ2v) is 6.93. The molecule has 1 saturated heterocycles. The minimum Gasteiger partial charge on any atom is -0.454 e. The number of nitrogens with one attached hydrogen (secondary N) is 1. The number of hydrogen-bond acceptors (Lipinski definition) is 5. The number of nitrogens with zero attached hydrogens (tertiary/aromatic N) is 1. The highest BCUT2D eigenvalue weighted by Gasteiger charge is 2.55. The van der Waals surface area contributed by atoms with E-state index in [4.69, 9.17) is 9.47 Å². The number of benzene rings is 1. The summed E-state index contributed by atoms with van der Waals surface area (Å²) in [5.41, 5.74) is -0.452. The van der Waals surface area contributed by atoms with Crippen molar-refractivity contribution in [2.45, 2.75) is 38.1 Å². The van der Waals surface area contributed by atoms with Crippen LogP contribution in [-0.4, -0.2) is 41.5 Å². The van der Waals surface area contributed by atoms with Crippen LogP contribution in [0.3, 0.4) is 0 Å². The lowest BCUT2D eigenvalue weighted by Crippen LogP contribution is -2.54. The Hall–Kier alpha value is -2.57. The van der Waals surface area contributed by atoms with Crippen LogP contribution in [0.2, 0.25) is 0 Å². The third kappa shape index (κ3) is 2.45. The minimum atomic E-state index is -0.843. The summed E-state index contributed by atoms with van der Waals surface area (Å²) in [6, 6.07) is 4.38. The molecule has 0 aromatic heterocycles. The van der Waals surface area contributed by atoms with Crippen molar-refractivity contribution >= 4 is 17.7 Å². The molecule has 0 unspecified atom stereocenters. The summed E-state index contributed by atoms with van der Waals surface area (Å²) in [4.78, 5) is 38.9. The van der Waals surface area contributed by atoms with Crippen LogP contribution in [0.5, 0.6) is 11.5 Å². The molecule has 4 rings (SSSR count). The molecule has 7 heteroatoms. The van der Waals surface area contributed by atoms with Crippen LogP contribution >= 0.6 is 0 Å². The molecule has 0 bridgehead atoms. The minimum absolute atomic E-state index is 0.0725. The molecule has 25 heavy (non-hydrogen) atoms. The van der Waals surface area contributed by atoms with Gasteiger partial charge < -0.3 is 14.8 Å². The number of ether oxygens (including phenoxy) is 2. The van der Waals surface area contributed by atoms with Gasteiger partial charge in [0, 0.05) is 5.56 Å². The van der Waals surface area contributed by atoms with E-state index in [1.165, 1.54) is 0 Å². The summed E-state index contributed by atoms with van der Waals surface area (Å²) in [5, 5.41) is 2.86. The summed E-state index contributed by atoms with van der Waals surface area (Å²) in [5.74, 6) is 0.575. The summed E-state index contributed by atoms with van der Waals surface area (Å²) < 4.78 is 10.5. The maximum absolute atomic E-state index is 12.9. The molecule has 1 spiro atoms. The molecule has 1 aliphatic carbocycles. The number of Topliss-reactive ketones (excluding diaryl/α,β-unsaturated/α-hetero) is 1. The van der Waals surface area contributed by atoms with Crippen LogP contribution in [0.4, 0.5) is 4.79 Å². The Labute approximate surface area is 145 Å². The summed E-state index contributed by atoms with van der Waals surface area (Å²) >= 11 is 0. The van der Waals surface area contributed by atoms with Gasteiger partial charge in [-0.25, -0.2) is 4.79 Å². The first-order chi connectivity index (χ1) is 12.0. The lowest BCUT2D eigenvalue weighted by molar-refractivity contribution is -0.133. The summed E-state index contributed by atoms with van der Waals surface area (Å²) in [6.45, 7) is 1.85. The third-order valence-corrected chi connectivity index (χ3v) is 5.50. The normalized spacial score (nSPS) is 27.7. The number of fused-ring (bicyclic) bond motifs is 1. The van der Waals surface area contributed by atoms with Crippen molar-refractivity contribution in [2.24, 2.45) is 5.92 Å². The van der Waals surface area contributed by atoms with Crippen LogP contribution in [0, 0.1) is 5.92 Å². The fourth-order valence-electron chi connectivity index (χ4n) is 3.94. The number of urea groups is 1.